The Morgan fingerprint density at radius 3 is 2.35 bits per heavy atom. The monoisotopic (exact) mass is 480 g/mol. The molecule has 2 heterocycles. The van der Waals surface area contributed by atoms with Crippen molar-refractivity contribution < 1.29 is 9.90 Å². The molecule has 1 fully saturated rings. The van der Waals surface area contributed by atoms with Gasteiger partial charge in [0, 0.05) is 29.1 Å². The molecule has 1 amide bonds. The Morgan fingerprint density at radius 1 is 1.06 bits per heavy atom. The summed E-state index contributed by atoms with van der Waals surface area (Å²) in [6.07, 6.45) is 0.942. The second kappa shape index (κ2) is 9.35. The molecule has 2 aromatic rings. The number of benzene rings is 2. The molecule has 2 aromatic carbocycles. The number of halogens is 3. The number of hydrogen-bond acceptors (Lipinski definition) is 5. The second-order valence-electron chi connectivity index (χ2n) is 7.87. The minimum atomic E-state index is -0.312. The summed E-state index contributed by atoms with van der Waals surface area (Å²) in [7, 11) is 0. The van der Waals surface area contributed by atoms with Crippen LogP contribution in [0, 0.1) is 5.92 Å². The number of aliphatic hydroxyl groups excluding tert-OH is 1. The maximum Gasteiger partial charge on any atom is 0.282 e. The van der Waals surface area contributed by atoms with E-state index in [1.807, 2.05) is 36.2 Å². The van der Waals surface area contributed by atoms with Gasteiger partial charge in [0.25, 0.3) is 5.91 Å². The molecule has 6 nitrogen and oxygen atoms in total. The SMILES string of the molecule is CC1C(C(=O)NN2CCC(O)CC2)=NN(c2ccc(Cl)cc2Cl)C1c1ccc(Cl)cc1. The van der Waals surface area contributed by atoms with E-state index in [1.165, 1.54) is 0 Å². The first-order valence-corrected chi connectivity index (χ1v) is 11.3. The van der Waals surface area contributed by atoms with Crippen molar-refractivity contribution in [3.8, 4) is 0 Å². The van der Waals surface area contributed by atoms with E-state index in [1.54, 1.807) is 23.2 Å². The Morgan fingerprint density at radius 2 is 1.71 bits per heavy atom. The van der Waals surface area contributed by atoms with Gasteiger partial charge in [-0.25, -0.2) is 5.01 Å². The van der Waals surface area contributed by atoms with E-state index in [0.717, 1.165) is 5.56 Å². The predicted molar refractivity (Wildman–Crippen MR) is 125 cm³/mol. The molecule has 2 aliphatic rings. The van der Waals surface area contributed by atoms with Crippen molar-refractivity contribution >= 4 is 52.1 Å². The number of aliphatic hydroxyl groups is 1. The molecule has 164 valence electrons. The Labute approximate surface area is 196 Å². The Hall–Kier alpha value is -1.83. The van der Waals surface area contributed by atoms with Crippen LogP contribution in [0.2, 0.25) is 15.1 Å². The Kier molecular flexibility index (Phi) is 6.74. The lowest BCUT2D eigenvalue weighted by Crippen LogP contribution is -2.50. The van der Waals surface area contributed by atoms with Crippen molar-refractivity contribution in [2.24, 2.45) is 11.0 Å². The van der Waals surface area contributed by atoms with E-state index in [2.05, 4.69) is 5.43 Å². The number of amides is 1. The number of piperidine rings is 1. The quantitative estimate of drug-likeness (QED) is 0.665. The molecule has 2 aliphatic heterocycles. The van der Waals surface area contributed by atoms with E-state index < -0.39 is 0 Å². The highest BCUT2D eigenvalue weighted by atomic mass is 35.5. The zero-order valence-electron chi connectivity index (χ0n) is 16.9. The molecule has 4 rings (SSSR count). The van der Waals surface area contributed by atoms with Gasteiger partial charge in [-0.2, -0.15) is 5.10 Å². The van der Waals surface area contributed by atoms with E-state index in [0.29, 0.717) is 52.4 Å². The average Bonchev–Trinajstić information content (AvgIpc) is 3.07. The first kappa shape index (κ1) is 22.4. The van der Waals surface area contributed by atoms with Crippen LogP contribution in [0.4, 0.5) is 5.69 Å². The van der Waals surface area contributed by atoms with Crippen molar-refractivity contribution in [2.45, 2.75) is 31.9 Å². The summed E-state index contributed by atoms with van der Waals surface area (Å²) in [5.41, 5.74) is 4.99. The van der Waals surface area contributed by atoms with Gasteiger partial charge in [-0.05, 0) is 48.7 Å². The minimum Gasteiger partial charge on any atom is -0.393 e. The van der Waals surface area contributed by atoms with Gasteiger partial charge in [0.2, 0.25) is 0 Å². The third-order valence-electron chi connectivity index (χ3n) is 5.71. The number of carbonyl (C=O) groups excluding carboxylic acids is 1. The molecule has 0 bridgehead atoms. The van der Waals surface area contributed by atoms with Gasteiger partial charge in [-0.3, -0.25) is 15.2 Å². The molecular weight excluding hydrogens is 459 g/mol. The third kappa shape index (κ3) is 4.83. The summed E-state index contributed by atoms with van der Waals surface area (Å²) in [6.45, 7) is 3.17. The molecule has 2 atom stereocenters. The smallest absolute Gasteiger partial charge is 0.282 e. The summed E-state index contributed by atoms with van der Waals surface area (Å²) in [5, 5.41) is 19.6. The van der Waals surface area contributed by atoms with Gasteiger partial charge in [-0.1, -0.05) is 53.9 Å². The molecule has 0 aliphatic carbocycles. The van der Waals surface area contributed by atoms with Gasteiger partial charge >= 0.3 is 0 Å². The summed E-state index contributed by atoms with van der Waals surface area (Å²) in [5.74, 6) is -0.459. The molecular formula is C22H23Cl3N4O2. The molecule has 31 heavy (non-hydrogen) atoms. The van der Waals surface area contributed by atoms with Gasteiger partial charge < -0.3 is 5.11 Å². The fourth-order valence-corrected chi connectivity index (χ4v) is 4.64. The zero-order chi connectivity index (χ0) is 22.1. The Balaban J connectivity index is 1.65. The molecule has 0 aromatic heterocycles. The third-order valence-corrected chi connectivity index (χ3v) is 6.50. The van der Waals surface area contributed by atoms with Crippen LogP contribution in [0.25, 0.3) is 0 Å². The maximum atomic E-state index is 13.1. The zero-order valence-corrected chi connectivity index (χ0v) is 19.2. The van der Waals surface area contributed by atoms with Crippen LogP contribution in [0.15, 0.2) is 47.6 Å². The first-order chi connectivity index (χ1) is 14.8. The lowest BCUT2D eigenvalue weighted by Gasteiger charge is -2.30. The van der Waals surface area contributed by atoms with Crippen LogP contribution in [0.1, 0.15) is 31.4 Å². The molecule has 9 heteroatoms. The van der Waals surface area contributed by atoms with Crippen LogP contribution in [0.3, 0.4) is 0 Å². The number of hydrazone groups is 1. The molecule has 0 spiro atoms. The standard InChI is InChI=1S/C22H23Cl3N4O2/c1-13-20(22(31)27-28-10-8-17(30)9-11-28)26-29(19-7-6-16(24)12-18(19)25)21(13)14-2-4-15(23)5-3-14/h2-7,12-13,17,21,30H,8-11H2,1H3,(H,27,31). The van der Waals surface area contributed by atoms with Crippen LogP contribution in [-0.2, 0) is 4.79 Å². The average molecular weight is 482 g/mol. The van der Waals surface area contributed by atoms with E-state index in [9.17, 15) is 9.90 Å². The molecule has 0 saturated carbocycles. The van der Waals surface area contributed by atoms with Crippen LogP contribution < -0.4 is 10.4 Å². The van der Waals surface area contributed by atoms with Gasteiger partial charge in [0.15, 0.2) is 0 Å². The van der Waals surface area contributed by atoms with Crippen molar-refractivity contribution in [1.29, 1.82) is 0 Å². The Bertz CT molecular complexity index is 991. The minimum absolute atomic E-state index is 0.205. The van der Waals surface area contributed by atoms with Crippen molar-refractivity contribution in [1.82, 2.24) is 10.4 Å². The molecule has 1 saturated heterocycles. The van der Waals surface area contributed by atoms with Gasteiger partial charge in [-0.15, -0.1) is 0 Å². The molecule has 0 radical (unpaired) electrons. The largest absolute Gasteiger partial charge is 0.393 e. The number of nitrogens with zero attached hydrogens (tertiary/aromatic N) is 3. The number of nitrogens with one attached hydrogen (secondary N) is 1. The summed E-state index contributed by atoms with van der Waals surface area (Å²) in [6, 6.07) is 12.5. The fourth-order valence-electron chi connectivity index (χ4n) is 4.02. The van der Waals surface area contributed by atoms with Crippen LogP contribution in [0.5, 0.6) is 0 Å². The number of hydrogen-bond donors (Lipinski definition) is 2. The first-order valence-electron chi connectivity index (χ1n) is 10.2. The van der Waals surface area contributed by atoms with E-state index in [-0.39, 0.29) is 24.0 Å². The highest BCUT2D eigenvalue weighted by molar-refractivity contribution is 6.41. The van der Waals surface area contributed by atoms with E-state index >= 15 is 0 Å². The highest BCUT2D eigenvalue weighted by Crippen LogP contribution is 2.42. The number of carbonyl (C=O) groups is 1. The fraction of sp³-hybridized carbons (Fsp3) is 0.364. The molecule has 2 unspecified atom stereocenters. The van der Waals surface area contributed by atoms with Gasteiger partial charge in [0.05, 0.1) is 22.9 Å². The predicted octanol–water partition coefficient (Wildman–Crippen LogP) is 4.69. The lowest BCUT2D eigenvalue weighted by atomic mass is 9.91. The molecule has 2 N–H and O–H groups in total. The maximum absolute atomic E-state index is 13.1. The number of hydrazine groups is 1. The van der Waals surface area contributed by atoms with Gasteiger partial charge in [0.1, 0.15) is 5.71 Å². The second-order valence-corrected chi connectivity index (χ2v) is 9.15. The van der Waals surface area contributed by atoms with Crippen molar-refractivity contribution in [2.75, 3.05) is 18.1 Å². The van der Waals surface area contributed by atoms with Crippen molar-refractivity contribution in [3.05, 3.63) is 63.1 Å². The number of rotatable bonds is 4. The number of anilines is 1. The summed E-state index contributed by atoms with van der Waals surface area (Å²) in [4.78, 5) is 13.1. The van der Waals surface area contributed by atoms with Crippen LogP contribution in [-0.4, -0.2) is 40.9 Å². The normalized spacial score (nSPS) is 22.5. The van der Waals surface area contributed by atoms with E-state index in [4.69, 9.17) is 39.9 Å². The van der Waals surface area contributed by atoms with Crippen molar-refractivity contribution in [3.63, 3.8) is 0 Å². The summed E-state index contributed by atoms with van der Waals surface area (Å²) >= 11 is 18.6. The topological polar surface area (TPSA) is 68.2 Å². The lowest BCUT2D eigenvalue weighted by molar-refractivity contribution is -0.120. The summed E-state index contributed by atoms with van der Waals surface area (Å²) < 4.78 is 0. The van der Waals surface area contributed by atoms with Crippen LogP contribution >= 0.6 is 34.8 Å². The highest BCUT2D eigenvalue weighted by Gasteiger charge is 2.40.